The Bertz CT molecular complexity index is 641. The van der Waals surface area contributed by atoms with Gasteiger partial charge in [0.15, 0.2) is 0 Å². The molecule has 0 spiro atoms. The Morgan fingerprint density at radius 3 is 2.52 bits per heavy atom. The van der Waals surface area contributed by atoms with E-state index in [1.807, 2.05) is 0 Å². The minimum absolute atomic E-state index is 0.104. The van der Waals surface area contributed by atoms with Crippen LogP contribution in [0, 0.1) is 0 Å². The van der Waals surface area contributed by atoms with E-state index in [-0.39, 0.29) is 5.41 Å². The second-order valence-electron chi connectivity index (χ2n) is 7.68. The SMILES string of the molecule is CC(C)c1c(CNC2CC2)oc2c(C(C)(C)C)cccc12. The van der Waals surface area contributed by atoms with Gasteiger partial charge in [-0.3, -0.25) is 0 Å². The summed E-state index contributed by atoms with van der Waals surface area (Å²) in [7, 11) is 0. The van der Waals surface area contributed by atoms with E-state index in [0.717, 1.165) is 17.9 Å². The van der Waals surface area contributed by atoms with Gasteiger partial charge in [0.25, 0.3) is 0 Å². The first-order valence-electron chi connectivity index (χ1n) is 8.16. The van der Waals surface area contributed by atoms with Crippen LogP contribution in [0.5, 0.6) is 0 Å². The van der Waals surface area contributed by atoms with Crippen molar-refractivity contribution in [3.05, 3.63) is 35.1 Å². The molecule has 3 rings (SSSR count). The van der Waals surface area contributed by atoms with Crippen LogP contribution in [-0.2, 0) is 12.0 Å². The Morgan fingerprint density at radius 2 is 1.95 bits per heavy atom. The molecule has 1 aliphatic carbocycles. The van der Waals surface area contributed by atoms with Gasteiger partial charge in [0.05, 0.1) is 6.54 Å². The molecule has 0 aliphatic heterocycles. The third-order valence-corrected chi connectivity index (χ3v) is 4.34. The van der Waals surface area contributed by atoms with Crippen molar-refractivity contribution in [1.82, 2.24) is 5.32 Å². The number of hydrogen-bond donors (Lipinski definition) is 1. The van der Waals surface area contributed by atoms with Gasteiger partial charge in [0.1, 0.15) is 11.3 Å². The number of furan rings is 1. The van der Waals surface area contributed by atoms with Gasteiger partial charge < -0.3 is 9.73 Å². The average molecular weight is 285 g/mol. The summed E-state index contributed by atoms with van der Waals surface area (Å²) in [5, 5.41) is 4.89. The van der Waals surface area contributed by atoms with Crippen LogP contribution in [0.4, 0.5) is 0 Å². The van der Waals surface area contributed by atoms with Crippen LogP contribution in [0.15, 0.2) is 22.6 Å². The lowest BCUT2D eigenvalue weighted by Gasteiger charge is -2.19. The highest BCUT2D eigenvalue weighted by molar-refractivity contribution is 5.86. The molecule has 1 fully saturated rings. The largest absolute Gasteiger partial charge is 0.459 e. The van der Waals surface area contributed by atoms with Gasteiger partial charge in [-0.15, -0.1) is 0 Å². The summed E-state index contributed by atoms with van der Waals surface area (Å²) in [5.74, 6) is 1.61. The Balaban J connectivity index is 2.10. The highest BCUT2D eigenvalue weighted by Gasteiger charge is 2.26. The number of hydrogen-bond acceptors (Lipinski definition) is 2. The van der Waals surface area contributed by atoms with Crippen molar-refractivity contribution < 1.29 is 4.42 Å². The van der Waals surface area contributed by atoms with Gasteiger partial charge in [-0.25, -0.2) is 0 Å². The van der Waals surface area contributed by atoms with Crippen LogP contribution < -0.4 is 5.32 Å². The first-order valence-corrected chi connectivity index (χ1v) is 8.16. The quantitative estimate of drug-likeness (QED) is 0.845. The standard InChI is InChI=1S/C19H27NO/c1-12(2)17-14-7-6-8-15(19(3,4)5)18(14)21-16(17)11-20-13-9-10-13/h6-8,12-13,20H,9-11H2,1-5H3. The predicted octanol–water partition coefficient (Wildman–Crippen LogP) is 5.11. The maximum Gasteiger partial charge on any atom is 0.138 e. The summed E-state index contributed by atoms with van der Waals surface area (Å²) >= 11 is 0. The van der Waals surface area contributed by atoms with E-state index < -0.39 is 0 Å². The molecule has 1 aliphatic rings. The third-order valence-electron chi connectivity index (χ3n) is 4.34. The van der Waals surface area contributed by atoms with E-state index in [1.54, 1.807) is 0 Å². The van der Waals surface area contributed by atoms with E-state index >= 15 is 0 Å². The van der Waals surface area contributed by atoms with Crippen molar-refractivity contribution in [3.63, 3.8) is 0 Å². The lowest BCUT2D eigenvalue weighted by molar-refractivity contribution is 0.492. The summed E-state index contributed by atoms with van der Waals surface area (Å²) in [5.41, 5.74) is 3.87. The van der Waals surface area contributed by atoms with E-state index in [9.17, 15) is 0 Å². The number of benzene rings is 1. The molecule has 1 aromatic carbocycles. The number of para-hydroxylation sites is 1. The predicted molar refractivity (Wildman–Crippen MR) is 88.9 cm³/mol. The van der Waals surface area contributed by atoms with Crippen molar-refractivity contribution in [2.75, 3.05) is 0 Å². The molecular weight excluding hydrogens is 258 g/mol. The molecule has 0 radical (unpaired) electrons. The molecule has 114 valence electrons. The van der Waals surface area contributed by atoms with Gasteiger partial charge in [0.2, 0.25) is 0 Å². The molecule has 1 saturated carbocycles. The monoisotopic (exact) mass is 285 g/mol. The normalized spacial score (nSPS) is 16.1. The van der Waals surface area contributed by atoms with Crippen molar-refractivity contribution in [2.24, 2.45) is 0 Å². The van der Waals surface area contributed by atoms with Gasteiger partial charge in [0, 0.05) is 22.6 Å². The average Bonchev–Trinajstić information content (AvgIpc) is 3.13. The zero-order valence-corrected chi connectivity index (χ0v) is 13.9. The van der Waals surface area contributed by atoms with Crippen LogP contribution >= 0.6 is 0 Å². The second-order valence-corrected chi connectivity index (χ2v) is 7.68. The molecule has 0 atom stereocenters. The Morgan fingerprint density at radius 1 is 1.24 bits per heavy atom. The molecule has 1 aromatic heterocycles. The zero-order chi connectivity index (χ0) is 15.2. The molecule has 2 heteroatoms. The Kier molecular flexibility index (Phi) is 3.61. The van der Waals surface area contributed by atoms with Gasteiger partial charge >= 0.3 is 0 Å². The summed E-state index contributed by atoms with van der Waals surface area (Å²) in [4.78, 5) is 0. The summed E-state index contributed by atoms with van der Waals surface area (Å²) in [6.07, 6.45) is 2.62. The van der Waals surface area contributed by atoms with Crippen LogP contribution in [0.2, 0.25) is 0 Å². The lowest BCUT2D eigenvalue weighted by Crippen LogP contribution is -2.15. The van der Waals surface area contributed by atoms with E-state index in [0.29, 0.717) is 12.0 Å². The van der Waals surface area contributed by atoms with Crippen LogP contribution in [0.25, 0.3) is 11.0 Å². The fourth-order valence-electron chi connectivity index (χ4n) is 3.07. The van der Waals surface area contributed by atoms with Gasteiger partial charge in [-0.2, -0.15) is 0 Å². The van der Waals surface area contributed by atoms with Crippen molar-refractivity contribution in [3.8, 4) is 0 Å². The van der Waals surface area contributed by atoms with Gasteiger partial charge in [-0.1, -0.05) is 52.8 Å². The second kappa shape index (κ2) is 5.17. The highest BCUT2D eigenvalue weighted by atomic mass is 16.3. The molecule has 2 nitrogen and oxygen atoms in total. The Labute approximate surface area is 127 Å². The zero-order valence-electron chi connectivity index (χ0n) is 13.9. The van der Waals surface area contributed by atoms with E-state index in [2.05, 4.69) is 58.1 Å². The molecule has 1 N–H and O–H groups in total. The highest BCUT2D eigenvalue weighted by Crippen LogP contribution is 2.38. The van der Waals surface area contributed by atoms with Gasteiger partial charge in [-0.05, 0) is 24.2 Å². The molecule has 1 heterocycles. The lowest BCUT2D eigenvalue weighted by atomic mass is 9.85. The first-order chi connectivity index (χ1) is 9.88. The minimum atomic E-state index is 0.104. The first kappa shape index (κ1) is 14.6. The maximum absolute atomic E-state index is 6.33. The topological polar surface area (TPSA) is 25.2 Å². The number of nitrogens with one attached hydrogen (secondary N) is 1. The fourth-order valence-corrected chi connectivity index (χ4v) is 3.07. The van der Waals surface area contributed by atoms with Crippen LogP contribution in [0.3, 0.4) is 0 Å². The van der Waals surface area contributed by atoms with E-state index in [4.69, 9.17) is 4.42 Å². The number of fused-ring (bicyclic) bond motifs is 1. The fraction of sp³-hybridized carbons (Fsp3) is 0.579. The smallest absolute Gasteiger partial charge is 0.138 e. The third kappa shape index (κ3) is 2.87. The molecule has 2 aromatic rings. The summed E-state index contributed by atoms with van der Waals surface area (Å²) < 4.78 is 6.33. The molecule has 0 bridgehead atoms. The Hall–Kier alpha value is -1.28. The van der Waals surface area contributed by atoms with Crippen molar-refractivity contribution in [1.29, 1.82) is 0 Å². The molecule has 0 unspecified atom stereocenters. The molecule has 0 saturated heterocycles. The summed E-state index contributed by atoms with van der Waals surface area (Å²) in [6, 6.07) is 7.29. The molecule has 0 amide bonds. The molecule has 21 heavy (non-hydrogen) atoms. The van der Waals surface area contributed by atoms with Crippen molar-refractivity contribution >= 4 is 11.0 Å². The van der Waals surface area contributed by atoms with Crippen molar-refractivity contribution in [2.45, 2.75) is 71.4 Å². The maximum atomic E-state index is 6.33. The minimum Gasteiger partial charge on any atom is -0.459 e. The number of rotatable bonds is 4. The molecular formula is C19H27NO. The van der Waals surface area contributed by atoms with E-state index in [1.165, 1.54) is 29.4 Å². The summed E-state index contributed by atoms with van der Waals surface area (Å²) in [6.45, 7) is 12.1. The van der Waals surface area contributed by atoms with Crippen LogP contribution in [-0.4, -0.2) is 6.04 Å². The van der Waals surface area contributed by atoms with Crippen LogP contribution in [0.1, 0.15) is 70.3 Å².